The molecule has 0 saturated heterocycles. The number of unbranched alkanes of at least 4 members (excludes halogenated alkanes) is 49. The van der Waals surface area contributed by atoms with Gasteiger partial charge in [-0.1, -0.05) is 321 Å². The fraction of sp³-hybridized carbons (Fsp3) is 0.939. The van der Waals surface area contributed by atoms with Crippen LogP contribution in [0.3, 0.4) is 0 Å². The van der Waals surface area contributed by atoms with Crippen molar-refractivity contribution >= 4 is 11.9 Å². The summed E-state index contributed by atoms with van der Waals surface area (Å²) in [5.41, 5.74) is 0. The van der Waals surface area contributed by atoms with E-state index in [1.54, 1.807) is 0 Å². The fourth-order valence-electron chi connectivity index (χ4n) is 10.5. The van der Waals surface area contributed by atoms with Crippen molar-refractivity contribution in [3.05, 3.63) is 12.2 Å². The van der Waals surface area contributed by atoms with E-state index in [0.29, 0.717) is 25.9 Å². The van der Waals surface area contributed by atoms with Gasteiger partial charge in [-0.3, -0.25) is 9.59 Å². The highest BCUT2D eigenvalue weighted by molar-refractivity contribution is 5.76. The first kappa shape index (κ1) is 70.6. The lowest BCUT2D eigenvalue weighted by Crippen LogP contribution is -2.45. The largest absolute Gasteiger partial charge is 0.466 e. The van der Waals surface area contributed by atoms with Crippen LogP contribution in [0.25, 0.3) is 0 Å². The Kier molecular flexibility index (Phi) is 60.9. The van der Waals surface area contributed by atoms with Crippen LogP contribution in [0.2, 0.25) is 0 Å². The minimum atomic E-state index is -0.664. The van der Waals surface area contributed by atoms with E-state index in [1.165, 1.54) is 302 Å². The first-order valence-corrected chi connectivity index (χ1v) is 32.9. The van der Waals surface area contributed by atoms with Crippen molar-refractivity contribution in [3.63, 3.8) is 0 Å². The topological polar surface area (TPSA) is 95.9 Å². The van der Waals surface area contributed by atoms with Crippen LogP contribution in [-0.2, 0) is 14.3 Å². The molecule has 0 spiro atoms. The van der Waals surface area contributed by atoms with Crippen molar-refractivity contribution in [2.75, 3.05) is 13.2 Å². The molecule has 0 aromatic heterocycles. The Bertz CT molecular complexity index is 1080. The third-order valence-electron chi connectivity index (χ3n) is 15.6. The zero-order valence-electron chi connectivity index (χ0n) is 48.9. The number of carbonyl (C=O) groups excluding carboxylic acids is 2. The van der Waals surface area contributed by atoms with E-state index in [2.05, 4.69) is 31.3 Å². The Morgan fingerprint density at radius 2 is 0.653 bits per heavy atom. The molecule has 428 valence electrons. The Hall–Kier alpha value is -1.40. The number of rotatable bonds is 62. The zero-order valence-corrected chi connectivity index (χ0v) is 48.9. The summed E-state index contributed by atoms with van der Waals surface area (Å²) in [5, 5.41) is 23.3. The molecule has 0 aliphatic heterocycles. The van der Waals surface area contributed by atoms with E-state index in [-0.39, 0.29) is 18.5 Å². The van der Waals surface area contributed by atoms with Gasteiger partial charge in [0.25, 0.3) is 0 Å². The highest BCUT2D eigenvalue weighted by Gasteiger charge is 2.20. The maximum absolute atomic E-state index is 12.5. The molecular formula is C66H129NO5. The SMILES string of the molecule is CCCCCCCCCCCCCCCCCCC(=O)OCCCCCCCCCCCCCC/C=C\CCCCCCCCCCCCC(=O)NC(CO)C(O)CCCCCCCCCCCCCCC. The number of aliphatic hydroxyl groups is 2. The van der Waals surface area contributed by atoms with Crippen LogP contribution in [0.15, 0.2) is 12.2 Å². The number of nitrogens with one attached hydrogen (secondary N) is 1. The lowest BCUT2D eigenvalue weighted by molar-refractivity contribution is -0.143. The van der Waals surface area contributed by atoms with Gasteiger partial charge in [-0.25, -0.2) is 0 Å². The van der Waals surface area contributed by atoms with Crippen molar-refractivity contribution in [1.82, 2.24) is 5.32 Å². The van der Waals surface area contributed by atoms with E-state index in [0.717, 1.165) is 38.5 Å². The van der Waals surface area contributed by atoms with Gasteiger partial charge in [0.1, 0.15) is 0 Å². The van der Waals surface area contributed by atoms with Gasteiger partial charge in [0.2, 0.25) is 5.91 Å². The second kappa shape index (κ2) is 62.1. The van der Waals surface area contributed by atoms with Crippen LogP contribution in [0, 0.1) is 0 Å². The number of aliphatic hydroxyl groups excluding tert-OH is 2. The fourth-order valence-corrected chi connectivity index (χ4v) is 10.5. The number of amides is 1. The summed E-state index contributed by atoms with van der Waals surface area (Å²) in [5.74, 6) is -0.0163. The summed E-state index contributed by atoms with van der Waals surface area (Å²) in [7, 11) is 0. The van der Waals surface area contributed by atoms with E-state index < -0.39 is 12.1 Å². The third kappa shape index (κ3) is 57.9. The van der Waals surface area contributed by atoms with Crippen molar-refractivity contribution in [2.24, 2.45) is 0 Å². The van der Waals surface area contributed by atoms with Gasteiger partial charge in [-0.05, 0) is 51.4 Å². The summed E-state index contributed by atoms with van der Waals surface area (Å²) in [6, 6.07) is -0.541. The molecule has 0 rings (SSSR count). The number of allylic oxidation sites excluding steroid dienone is 2. The van der Waals surface area contributed by atoms with Gasteiger partial charge in [0, 0.05) is 12.8 Å². The highest BCUT2D eigenvalue weighted by Crippen LogP contribution is 2.18. The smallest absolute Gasteiger partial charge is 0.305 e. The Labute approximate surface area is 450 Å². The number of esters is 1. The molecule has 0 aliphatic carbocycles. The summed E-state index contributed by atoms with van der Waals surface area (Å²) in [4.78, 5) is 24.6. The van der Waals surface area contributed by atoms with Gasteiger partial charge >= 0.3 is 5.97 Å². The van der Waals surface area contributed by atoms with Crippen LogP contribution in [0.1, 0.15) is 373 Å². The molecule has 3 N–H and O–H groups in total. The molecule has 0 heterocycles. The van der Waals surface area contributed by atoms with Gasteiger partial charge in [-0.2, -0.15) is 0 Å². The van der Waals surface area contributed by atoms with Gasteiger partial charge < -0.3 is 20.3 Å². The molecule has 6 heteroatoms. The average molecular weight is 1020 g/mol. The summed E-state index contributed by atoms with van der Waals surface area (Å²) >= 11 is 0. The molecule has 2 atom stereocenters. The van der Waals surface area contributed by atoms with Gasteiger partial charge in [0.15, 0.2) is 0 Å². The Morgan fingerprint density at radius 3 is 0.986 bits per heavy atom. The second-order valence-electron chi connectivity index (χ2n) is 22.8. The lowest BCUT2D eigenvalue weighted by Gasteiger charge is -2.22. The van der Waals surface area contributed by atoms with Crippen LogP contribution >= 0.6 is 0 Å². The van der Waals surface area contributed by atoms with E-state index in [1.807, 2.05) is 0 Å². The Morgan fingerprint density at radius 1 is 0.375 bits per heavy atom. The highest BCUT2D eigenvalue weighted by atomic mass is 16.5. The van der Waals surface area contributed by atoms with Crippen LogP contribution < -0.4 is 5.32 Å². The molecule has 6 nitrogen and oxygen atoms in total. The minimum absolute atomic E-state index is 0.0185. The van der Waals surface area contributed by atoms with Crippen molar-refractivity contribution < 1.29 is 24.5 Å². The molecule has 0 aliphatic rings. The number of hydrogen-bond acceptors (Lipinski definition) is 5. The average Bonchev–Trinajstić information content (AvgIpc) is 3.38. The molecule has 0 aromatic rings. The molecule has 72 heavy (non-hydrogen) atoms. The molecule has 0 aromatic carbocycles. The molecule has 2 unspecified atom stereocenters. The number of hydrogen-bond donors (Lipinski definition) is 3. The molecule has 0 radical (unpaired) electrons. The first-order valence-electron chi connectivity index (χ1n) is 32.9. The normalized spacial score (nSPS) is 12.6. The molecular weight excluding hydrogens is 887 g/mol. The van der Waals surface area contributed by atoms with Crippen molar-refractivity contribution in [1.29, 1.82) is 0 Å². The molecule has 0 fully saturated rings. The minimum Gasteiger partial charge on any atom is -0.466 e. The monoisotopic (exact) mass is 1020 g/mol. The van der Waals surface area contributed by atoms with Gasteiger partial charge in [-0.15, -0.1) is 0 Å². The molecule has 1 amide bonds. The second-order valence-corrected chi connectivity index (χ2v) is 22.8. The predicted molar refractivity (Wildman–Crippen MR) is 315 cm³/mol. The zero-order chi connectivity index (χ0) is 52.2. The molecule has 0 saturated carbocycles. The van der Waals surface area contributed by atoms with Gasteiger partial charge in [0.05, 0.1) is 25.4 Å². The van der Waals surface area contributed by atoms with Crippen LogP contribution in [0.5, 0.6) is 0 Å². The van der Waals surface area contributed by atoms with E-state index in [9.17, 15) is 19.8 Å². The predicted octanol–water partition coefficient (Wildman–Crippen LogP) is 20.8. The Balaban J connectivity index is 3.36. The maximum atomic E-state index is 12.5. The van der Waals surface area contributed by atoms with Crippen molar-refractivity contribution in [2.45, 2.75) is 386 Å². The van der Waals surface area contributed by atoms with E-state index in [4.69, 9.17) is 4.74 Å². The summed E-state index contributed by atoms with van der Waals surface area (Å²) in [6.07, 6.45) is 75.3. The summed E-state index contributed by atoms with van der Waals surface area (Å²) in [6.45, 7) is 4.98. The third-order valence-corrected chi connectivity index (χ3v) is 15.6. The molecule has 0 bridgehead atoms. The first-order chi connectivity index (χ1) is 35.5. The maximum Gasteiger partial charge on any atom is 0.305 e. The number of ether oxygens (including phenoxy) is 1. The standard InChI is InChI=1S/C66H129NO5/c1-3-5-7-9-11-13-15-17-18-32-36-40-44-48-52-56-60-66(71)72-61-57-53-49-45-41-37-33-30-28-26-24-22-20-19-21-23-25-27-29-31-35-39-43-47-51-55-59-65(70)67-63(62-68)64(69)58-54-50-46-42-38-34-16-14-12-10-8-6-4-2/h19,21,63-64,68-69H,3-18,20,22-62H2,1-2H3,(H,67,70)/b21-19-. The summed E-state index contributed by atoms with van der Waals surface area (Å²) < 4.78 is 5.50. The van der Waals surface area contributed by atoms with Crippen molar-refractivity contribution in [3.8, 4) is 0 Å². The van der Waals surface area contributed by atoms with Crippen LogP contribution in [0.4, 0.5) is 0 Å². The van der Waals surface area contributed by atoms with E-state index >= 15 is 0 Å². The number of carbonyl (C=O) groups is 2. The quantitative estimate of drug-likeness (QED) is 0.0320. The lowest BCUT2D eigenvalue weighted by atomic mass is 10.0. The van der Waals surface area contributed by atoms with Crippen LogP contribution in [-0.4, -0.2) is 47.4 Å².